The van der Waals surface area contributed by atoms with Gasteiger partial charge in [-0.25, -0.2) is 4.98 Å². The average molecular weight is 1030 g/mol. The number of hydrogen-bond donors (Lipinski definition) is 0. The number of aromatic nitrogens is 4. The number of fused-ring (bicyclic) bond motifs is 4. The highest BCUT2D eigenvalue weighted by Crippen LogP contribution is 2.42. The third kappa shape index (κ3) is 9.74. The maximum atomic E-state index is 9.03. The van der Waals surface area contributed by atoms with Gasteiger partial charge in [0.05, 0.1) is 33.4 Å². The molecule has 8 aromatic carbocycles. The van der Waals surface area contributed by atoms with Crippen molar-refractivity contribution in [2.24, 2.45) is 0 Å². The van der Waals surface area contributed by atoms with Crippen LogP contribution in [0.4, 0.5) is 0 Å². The summed E-state index contributed by atoms with van der Waals surface area (Å²) in [6.45, 7) is 18.3. The summed E-state index contributed by atoms with van der Waals surface area (Å²) in [4.78, 5) is 4.90. The van der Waals surface area contributed by atoms with E-state index < -0.39 is 20.6 Å². The van der Waals surface area contributed by atoms with Crippen LogP contribution >= 0.6 is 0 Å². The first kappa shape index (κ1) is 42.1. The fourth-order valence-electron chi connectivity index (χ4n) is 10.7. The van der Waals surface area contributed by atoms with Gasteiger partial charge in [-0.05, 0) is 164 Å². The molecule has 0 atom stereocenters. The predicted molar refractivity (Wildman–Crippen MR) is 328 cm³/mol. The fraction of sp³-hybridized carbons (Fsp3) is 0.260. The lowest BCUT2D eigenvalue weighted by Crippen LogP contribution is -2.31. The third-order valence-electron chi connectivity index (χ3n) is 15.2. The van der Waals surface area contributed by atoms with Crippen molar-refractivity contribution >= 4 is 32.8 Å². The highest BCUT2D eigenvalue weighted by molar-refractivity contribution is 6.09. The van der Waals surface area contributed by atoms with Crippen molar-refractivity contribution in [1.82, 2.24) is 14.1 Å². The van der Waals surface area contributed by atoms with Gasteiger partial charge in [0.15, 0.2) is 0 Å². The number of benzene rings is 8. The Kier molecular flexibility index (Phi) is 10.3. The molecule has 78 heavy (non-hydrogen) atoms. The normalized spacial score (nSPS) is 14.7. The molecule has 0 aliphatic heterocycles. The first-order valence-corrected chi connectivity index (χ1v) is 26.9. The van der Waals surface area contributed by atoms with Crippen molar-refractivity contribution in [2.45, 2.75) is 125 Å². The Morgan fingerprint density at radius 1 is 0.474 bits per heavy atom. The van der Waals surface area contributed by atoms with E-state index in [2.05, 4.69) is 155 Å². The molecule has 0 aliphatic carbocycles. The molecule has 0 spiro atoms. The molecule has 11 rings (SSSR count). The number of hydrogen-bond acceptors (Lipinski definition) is 2. The van der Waals surface area contributed by atoms with Gasteiger partial charge in [-0.3, -0.25) is 13.7 Å². The Hall–Kier alpha value is -8.02. The van der Waals surface area contributed by atoms with Gasteiger partial charge < -0.3 is 4.74 Å². The summed E-state index contributed by atoms with van der Waals surface area (Å²) in [5.74, 6) is 1.88. The minimum atomic E-state index is -2.67. The summed E-state index contributed by atoms with van der Waals surface area (Å²) in [5, 5.41) is 2.12. The van der Waals surface area contributed by atoms with Crippen molar-refractivity contribution in [2.75, 3.05) is 0 Å². The number of imidazole rings is 1. The SMILES string of the molecule is [2H]C([2H])([2H])c1cc(-c2cccc(C(C)(C)C)c2)c(-[n+]2[c-]n(-c3cccc(Oc4ccc5c6ccccc6n(-c6cc(C(C)(C)C)ccn6)c5c4)c3)c3cc(-c4c(C([2H])([2H])[2H])cccc4C([2H])([2H])[2H])ccc32)c(-c2cc(C(C)(C)C)cc(C(C)(C)C)c2)c1. The van der Waals surface area contributed by atoms with Gasteiger partial charge in [-0.1, -0.05) is 198 Å². The Labute approximate surface area is 475 Å². The van der Waals surface area contributed by atoms with Crippen molar-refractivity contribution in [1.29, 1.82) is 0 Å². The van der Waals surface area contributed by atoms with Crippen molar-refractivity contribution in [3.05, 3.63) is 221 Å². The summed E-state index contributed by atoms with van der Waals surface area (Å²) in [6, 6.07) is 54.6. The van der Waals surface area contributed by atoms with Crippen LogP contribution in [0, 0.1) is 26.9 Å². The molecule has 0 aliphatic rings. The second kappa shape index (κ2) is 19.2. The Bertz CT molecular complexity index is 4430. The Morgan fingerprint density at radius 3 is 1.79 bits per heavy atom. The fourth-order valence-corrected chi connectivity index (χ4v) is 10.7. The lowest BCUT2D eigenvalue weighted by Gasteiger charge is -2.27. The molecule has 0 bridgehead atoms. The van der Waals surface area contributed by atoms with Gasteiger partial charge in [0, 0.05) is 35.4 Å². The van der Waals surface area contributed by atoms with Crippen LogP contribution in [0.5, 0.6) is 11.5 Å². The summed E-state index contributed by atoms with van der Waals surface area (Å²) >= 11 is 0. The second-order valence-electron chi connectivity index (χ2n) is 25.0. The highest BCUT2D eigenvalue weighted by atomic mass is 16.5. The van der Waals surface area contributed by atoms with E-state index in [-0.39, 0.29) is 43.9 Å². The van der Waals surface area contributed by atoms with E-state index in [0.29, 0.717) is 50.6 Å². The second-order valence-corrected chi connectivity index (χ2v) is 25.0. The first-order chi connectivity index (χ1) is 40.5. The lowest BCUT2D eigenvalue weighted by atomic mass is 9.78. The predicted octanol–water partition coefficient (Wildman–Crippen LogP) is 19.1. The third-order valence-corrected chi connectivity index (χ3v) is 15.2. The van der Waals surface area contributed by atoms with Gasteiger partial charge in [0.1, 0.15) is 17.3 Å². The van der Waals surface area contributed by atoms with E-state index >= 15 is 0 Å². The smallest absolute Gasteiger partial charge is 0.269 e. The molecule has 5 nitrogen and oxygen atoms in total. The quantitative estimate of drug-likeness (QED) is 0.112. The van der Waals surface area contributed by atoms with Crippen molar-refractivity contribution in [3.8, 4) is 62.1 Å². The maximum absolute atomic E-state index is 9.03. The summed E-state index contributed by atoms with van der Waals surface area (Å²) in [7, 11) is 0. The highest BCUT2D eigenvalue weighted by Gasteiger charge is 2.27. The van der Waals surface area contributed by atoms with Gasteiger partial charge in [0.25, 0.3) is 6.33 Å². The molecule has 0 amide bonds. The summed E-state index contributed by atoms with van der Waals surface area (Å²) in [6.07, 6.45) is 5.64. The van der Waals surface area contributed by atoms with Gasteiger partial charge >= 0.3 is 0 Å². The molecule has 0 fully saturated rings. The topological polar surface area (TPSA) is 35.9 Å². The van der Waals surface area contributed by atoms with Gasteiger partial charge in [0.2, 0.25) is 0 Å². The summed E-state index contributed by atoms with van der Waals surface area (Å²) in [5.41, 5.74) is 11.2. The molecule has 3 aromatic heterocycles. The Morgan fingerprint density at radius 2 is 1.10 bits per heavy atom. The summed E-state index contributed by atoms with van der Waals surface area (Å²) < 4.78 is 92.2. The molecule has 392 valence electrons. The van der Waals surface area contributed by atoms with Crippen LogP contribution in [0.25, 0.3) is 83.4 Å². The van der Waals surface area contributed by atoms with E-state index in [0.717, 1.165) is 61.0 Å². The van der Waals surface area contributed by atoms with E-state index in [1.807, 2.05) is 88.1 Å². The van der Waals surface area contributed by atoms with Gasteiger partial charge in [-0.15, -0.1) is 0 Å². The molecule has 0 N–H and O–H groups in total. The van der Waals surface area contributed by atoms with Crippen LogP contribution in [-0.2, 0) is 21.7 Å². The lowest BCUT2D eigenvalue weighted by molar-refractivity contribution is -0.571. The van der Waals surface area contributed by atoms with Crippen molar-refractivity contribution in [3.63, 3.8) is 0 Å². The minimum absolute atomic E-state index is 0.0912. The van der Waals surface area contributed by atoms with E-state index in [9.17, 15) is 0 Å². The standard InChI is InChI=1S/C73H74N4O/c1-46-35-61(49-23-19-24-52(37-49)70(4,5)6)69(62(36-46)51-38-54(72(10,11)12)41-55(39-51)73(13,14)15)76-45-75(66-40-50(29-32-64(66)76)68-47(2)21-18-22-48(68)3)56-25-20-26-57(43-56)78-58-30-31-60-59-27-16-17-28-63(59)77(65(60)44-58)67-42-53(33-34-74-67)71(7,8)9/h16-44H,1-15H3/i1D3,2D3,3D3. The van der Waals surface area contributed by atoms with Crippen LogP contribution in [-0.4, -0.2) is 14.1 Å². The van der Waals surface area contributed by atoms with Crippen LogP contribution in [0.2, 0.25) is 0 Å². The Balaban J connectivity index is 1.20. The number of rotatable bonds is 8. The van der Waals surface area contributed by atoms with Crippen LogP contribution in [0.15, 0.2) is 176 Å². The number of pyridine rings is 1. The van der Waals surface area contributed by atoms with E-state index in [4.69, 9.17) is 22.1 Å². The van der Waals surface area contributed by atoms with Crippen molar-refractivity contribution < 1.29 is 21.6 Å². The zero-order valence-electron chi connectivity index (χ0n) is 55.9. The van der Waals surface area contributed by atoms with Crippen LogP contribution < -0.4 is 9.30 Å². The number of aryl methyl sites for hydroxylation is 3. The van der Waals surface area contributed by atoms with E-state index in [1.54, 1.807) is 18.2 Å². The molecule has 5 heteroatoms. The molecule has 0 radical (unpaired) electrons. The molecule has 0 saturated carbocycles. The average Bonchev–Trinajstić information content (AvgIpc) is 1.71. The molecule has 11 aromatic rings. The number of nitrogens with zero attached hydrogens (tertiary/aromatic N) is 4. The molecule has 3 heterocycles. The van der Waals surface area contributed by atoms with Crippen LogP contribution in [0.3, 0.4) is 0 Å². The molecular weight excluding hydrogens is 949 g/mol. The molecule has 0 unspecified atom stereocenters. The van der Waals surface area contributed by atoms with Crippen LogP contribution in [0.1, 0.15) is 134 Å². The molecular formula is C73H74N4O. The largest absolute Gasteiger partial charge is 0.458 e. The molecule has 0 saturated heterocycles. The first-order valence-electron chi connectivity index (χ1n) is 31.4. The zero-order chi connectivity index (χ0) is 62.7. The minimum Gasteiger partial charge on any atom is -0.458 e. The number of para-hydroxylation sites is 1. The zero-order valence-corrected chi connectivity index (χ0v) is 46.9. The maximum Gasteiger partial charge on any atom is 0.269 e. The monoisotopic (exact) mass is 1030 g/mol. The van der Waals surface area contributed by atoms with E-state index in [1.165, 1.54) is 18.2 Å². The van der Waals surface area contributed by atoms with Gasteiger partial charge in [-0.2, -0.15) is 0 Å². The number of ether oxygens (including phenoxy) is 1.